The lowest BCUT2D eigenvalue weighted by molar-refractivity contribution is 0.0890. The topological polar surface area (TPSA) is 107 Å². The van der Waals surface area contributed by atoms with Crippen molar-refractivity contribution in [2.45, 2.75) is 23.6 Å². The van der Waals surface area contributed by atoms with E-state index in [1.807, 2.05) is 0 Å². The summed E-state index contributed by atoms with van der Waals surface area (Å²) in [6.45, 7) is 0.947. The van der Waals surface area contributed by atoms with E-state index in [1.54, 1.807) is 6.07 Å². The third-order valence-electron chi connectivity index (χ3n) is 5.38. The number of benzene rings is 1. The van der Waals surface area contributed by atoms with E-state index in [-0.39, 0.29) is 22.8 Å². The van der Waals surface area contributed by atoms with Crippen molar-refractivity contribution in [2.24, 2.45) is 10.7 Å². The monoisotopic (exact) mass is 450 g/mol. The van der Waals surface area contributed by atoms with Crippen LogP contribution in [0, 0.1) is 5.82 Å². The number of amidine groups is 1. The zero-order valence-corrected chi connectivity index (χ0v) is 17.5. The van der Waals surface area contributed by atoms with Crippen LogP contribution >= 0.6 is 11.6 Å². The molecule has 10 heteroatoms. The number of carbonyl (C=O) groups is 1. The lowest BCUT2D eigenvalue weighted by atomic mass is 9.96. The number of amides is 1. The predicted octanol–water partition coefficient (Wildman–Crippen LogP) is 2.84. The van der Waals surface area contributed by atoms with Gasteiger partial charge < -0.3 is 15.8 Å². The van der Waals surface area contributed by atoms with Crippen molar-refractivity contribution in [2.75, 3.05) is 24.3 Å². The van der Waals surface area contributed by atoms with Crippen molar-refractivity contribution in [3.63, 3.8) is 0 Å². The number of nitrogens with one attached hydrogen (secondary N) is 1. The smallest absolute Gasteiger partial charge is 0.274 e. The zero-order valence-electron chi connectivity index (χ0n) is 15.9. The van der Waals surface area contributed by atoms with Crippen molar-refractivity contribution in [3.05, 3.63) is 58.6 Å². The Morgan fingerprint density at radius 1 is 1.30 bits per heavy atom. The van der Waals surface area contributed by atoms with E-state index in [1.165, 1.54) is 30.5 Å². The van der Waals surface area contributed by atoms with E-state index in [9.17, 15) is 13.4 Å². The maximum absolute atomic E-state index is 14.6. The molecule has 1 aromatic carbocycles. The van der Waals surface area contributed by atoms with Gasteiger partial charge in [0, 0.05) is 41.5 Å². The first-order valence-corrected chi connectivity index (χ1v) is 11.1. The van der Waals surface area contributed by atoms with Crippen LogP contribution in [0.15, 0.2) is 41.5 Å². The highest BCUT2D eigenvalue weighted by atomic mass is 35.5. The predicted molar refractivity (Wildman–Crippen MR) is 114 cm³/mol. The molecule has 1 fully saturated rings. The molecule has 0 radical (unpaired) electrons. The summed E-state index contributed by atoms with van der Waals surface area (Å²) < 4.78 is 32.3. The van der Waals surface area contributed by atoms with Gasteiger partial charge in [-0.25, -0.2) is 9.37 Å². The summed E-state index contributed by atoms with van der Waals surface area (Å²) in [5.74, 6) is -0.521. The van der Waals surface area contributed by atoms with Gasteiger partial charge in [0.05, 0.1) is 16.8 Å². The molecule has 0 bridgehead atoms. The van der Waals surface area contributed by atoms with Gasteiger partial charge in [-0.15, -0.1) is 0 Å². The van der Waals surface area contributed by atoms with Crippen molar-refractivity contribution in [3.8, 4) is 0 Å². The molecule has 2 aliphatic rings. The van der Waals surface area contributed by atoms with Crippen LogP contribution in [0.3, 0.4) is 0 Å². The third-order valence-corrected chi connectivity index (χ3v) is 7.71. The second-order valence-corrected chi connectivity index (χ2v) is 9.44. The fourth-order valence-electron chi connectivity index (χ4n) is 3.67. The number of hydrogen-bond acceptors (Lipinski definition) is 6. The third kappa shape index (κ3) is 3.97. The molecule has 3 heterocycles. The van der Waals surface area contributed by atoms with Gasteiger partial charge in [0.15, 0.2) is 0 Å². The Bertz CT molecular complexity index is 1030. The van der Waals surface area contributed by atoms with Crippen LogP contribution < -0.4 is 11.1 Å². The Labute approximate surface area is 180 Å². The molecule has 1 saturated heterocycles. The maximum Gasteiger partial charge on any atom is 0.274 e. The number of halogens is 2. The fraction of sp³-hybridized carbons (Fsp3) is 0.350. The van der Waals surface area contributed by atoms with Crippen molar-refractivity contribution < 1.29 is 18.1 Å². The van der Waals surface area contributed by atoms with E-state index in [0.29, 0.717) is 36.8 Å². The number of aliphatic imine (C=N–C) groups is 1. The van der Waals surface area contributed by atoms with Gasteiger partial charge in [0.2, 0.25) is 0 Å². The molecule has 1 amide bonds. The molecule has 0 saturated carbocycles. The van der Waals surface area contributed by atoms with Crippen LogP contribution in [0.2, 0.25) is 5.02 Å². The number of anilines is 1. The van der Waals surface area contributed by atoms with E-state index in [4.69, 9.17) is 22.1 Å². The largest absolute Gasteiger partial charge is 0.386 e. The number of ether oxygens (including phenoxy) is 1. The zero-order chi connectivity index (χ0) is 21.3. The lowest BCUT2D eigenvalue weighted by Gasteiger charge is -2.39. The molecular weight excluding hydrogens is 431 g/mol. The molecule has 2 aliphatic heterocycles. The summed E-state index contributed by atoms with van der Waals surface area (Å²) >= 11 is 5.79. The molecule has 2 atom stereocenters. The van der Waals surface area contributed by atoms with Crippen molar-refractivity contribution in [1.29, 1.82) is 0 Å². The standard InChI is InChI=1S/C20H20ClFN4O3S/c21-12-1-4-16(24-10-12)18(27)25-13-2-3-15(22)14(9-13)17-11-30(28)20(19(23)26-17)5-7-29-8-6-20/h1-4,9-10,17H,5-8,11H2,(H2,23,26)(H,25,27). The molecule has 30 heavy (non-hydrogen) atoms. The first-order valence-electron chi connectivity index (χ1n) is 9.41. The van der Waals surface area contributed by atoms with Gasteiger partial charge in [-0.1, -0.05) is 11.6 Å². The minimum Gasteiger partial charge on any atom is -0.386 e. The van der Waals surface area contributed by atoms with Crippen LogP contribution in [-0.4, -0.2) is 44.6 Å². The molecule has 1 aromatic heterocycles. The van der Waals surface area contributed by atoms with Gasteiger partial charge in [-0.3, -0.25) is 14.0 Å². The first kappa shape index (κ1) is 20.9. The number of nitrogens with two attached hydrogens (primary N) is 1. The Morgan fingerprint density at radius 3 is 2.73 bits per heavy atom. The Kier molecular flexibility index (Phi) is 5.86. The van der Waals surface area contributed by atoms with Gasteiger partial charge in [0.1, 0.15) is 22.1 Å². The molecule has 158 valence electrons. The average molecular weight is 451 g/mol. The van der Waals surface area contributed by atoms with Crippen LogP contribution in [0.25, 0.3) is 0 Å². The number of hydrogen-bond donors (Lipinski definition) is 2. The normalized spacial score (nSPS) is 23.1. The number of carbonyl (C=O) groups excluding carboxylic acids is 1. The fourth-order valence-corrected chi connectivity index (χ4v) is 5.55. The second kappa shape index (κ2) is 8.41. The highest BCUT2D eigenvalue weighted by Gasteiger charge is 2.46. The second-order valence-electron chi connectivity index (χ2n) is 7.20. The van der Waals surface area contributed by atoms with Crippen LogP contribution in [-0.2, 0) is 15.5 Å². The SMILES string of the molecule is NC1=NC(c2cc(NC(=O)c3ccc(Cl)cn3)ccc2F)CS(=O)C12CCOCC2. The lowest BCUT2D eigenvalue weighted by Crippen LogP contribution is -2.55. The summed E-state index contributed by atoms with van der Waals surface area (Å²) in [6, 6.07) is 6.53. The van der Waals surface area contributed by atoms with Gasteiger partial charge in [-0.05, 0) is 43.2 Å². The number of rotatable bonds is 3. The van der Waals surface area contributed by atoms with Crippen LogP contribution in [0.1, 0.15) is 34.9 Å². The molecule has 2 aromatic rings. The minimum absolute atomic E-state index is 0.160. The molecule has 7 nitrogen and oxygen atoms in total. The molecule has 2 unspecified atom stereocenters. The average Bonchev–Trinajstić information content (AvgIpc) is 2.74. The van der Waals surface area contributed by atoms with E-state index in [0.717, 1.165) is 0 Å². The maximum atomic E-state index is 14.6. The molecule has 4 rings (SSSR count). The summed E-state index contributed by atoms with van der Waals surface area (Å²) in [5.41, 5.74) is 6.99. The first-order chi connectivity index (χ1) is 14.4. The minimum atomic E-state index is -1.32. The molecule has 0 aliphatic carbocycles. The van der Waals surface area contributed by atoms with Gasteiger partial charge >= 0.3 is 0 Å². The van der Waals surface area contributed by atoms with Gasteiger partial charge in [0.25, 0.3) is 5.91 Å². The summed E-state index contributed by atoms with van der Waals surface area (Å²) in [7, 11) is -1.32. The Morgan fingerprint density at radius 2 is 2.07 bits per heavy atom. The van der Waals surface area contributed by atoms with E-state index >= 15 is 0 Å². The number of pyridine rings is 1. The molecule has 1 spiro atoms. The molecular formula is C20H20ClFN4O3S. The van der Waals surface area contributed by atoms with E-state index in [2.05, 4.69) is 15.3 Å². The summed E-state index contributed by atoms with van der Waals surface area (Å²) in [4.78, 5) is 20.8. The quantitative estimate of drug-likeness (QED) is 0.747. The van der Waals surface area contributed by atoms with Crippen molar-refractivity contribution >= 4 is 39.8 Å². The number of aromatic nitrogens is 1. The highest BCUT2D eigenvalue weighted by molar-refractivity contribution is 7.87. The van der Waals surface area contributed by atoms with Crippen molar-refractivity contribution in [1.82, 2.24) is 4.98 Å². The highest BCUT2D eigenvalue weighted by Crippen LogP contribution is 2.37. The van der Waals surface area contributed by atoms with Gasteiger partial charge in [-0.2, -0.15) is 0 Å². The van der Waals surface area contributed by atoms with Crippen LogP contribution in [0.4, 0.5) is 10.1 Å². The molecule has 3 N–H and O–H groups in total. The van der Waals surface area contributed by atoms with Crippen LogP contribution in [0.5, 0.6) is 0 Å². The summed E-state index contributed by atoms with van der Waals surface area (Å²) in [6.07, 6.45) is 2.44. The number of nitrogens with zero attached hydrogens (tertiary/aromatic N) is 2. The Hall–Kier alpha value is -2.36. The Balaban J connectivity index is 1.58. The summed E-state index contributed by atoms with van der Waals surface area (Å²) in [5, 5.41) is 3.10. The van der Waals surface area contributed by atoms with E-state index < -0.39 is 33.3 Å².